The first-order valence-corrected chi connectivity index (χ1v) is 7.43. The van der Waals surface area contributed by atoms with Gasteiger partial charge in [0.15, 0.2) is 11.6 Å². The number of benzene rings is 1. The van der Waals surface area contributed by atoms with Crippen molar-refractivity contribution in [3.8, 4) is 0 Å². The van der Waals surface area contributed by atoms with E-state index < -0.39 is 52.6 Å². The number of likely N-dealkylation sites (tertiary alicyclic amines) is 1. The van der Waals surface area contributed by atoms with E-state index in [0.29, 0.717) is 6.07 Å². The predicted molar refractivity (Wildman–Crippen MR) is 79.6 cm³/mol. The summed E-state index contributed by atoms with van der Waals surface area (Å²) in [4.78, 5) is 24.9. The number of hydrogen-bond donors (Lipinski definition) is 1. The third-order valence-electron chi connectivity index (χ3n) is 3.75. The largest absolute Gasteiger partial charge is 0.444 e. The van der Waals surface area contributed by atoms with Gasteiger partial charge in [0, 0.05) is 18.0 Å². The van der Waals surface area contributed by atoms with Crippen molar-refractivity contribution < 1.29 is 27.5 Å². The summed E-state index contributed by atoms with van der Waals surface area (Å²) in [6.07, 6.45) is -0.919. The van der Waals surface area contributed by atoms with E-state index in [0.717, 1.165) is 11.0 Å². The second kappa shape index (κ2) is 6.33. The van der Waals surface area contributed by atoms with E-state index in [-0.39, 0.29) is 13.0 Å². The number of amides is 2. The maximum Gasteiger partial charge on any atom is 0.410 e. The average Bonchev–Trinajstić information content (AvgIpc) is 2.87. The van der Waals surface area contributed by atoms with Crippen LogP contribution in [-0.4, -0.2) is 35.1 Å². The minimum absolute atomic E-state index is 0.105. The molecule has 0 spiro atoms. The molecule has 2 rings (SSSR count). The quantitative estimate of drug-likeness (QED) is 0.839. The average molecular weight is 344 g/mol. The lowest BCUT2D eigenvalue weighted by Crippen LogP contribution is -2.45. The van der Waals surface area contributed by atoms with Gasteiger partial charge in [-0.3, -0.25) is 9.69 Å². The van der Waals surface area contributed by atoms with E-state index in [9.17, 15) is 22.8 Å². The molecule has 1 aliphatic heterocycles. The second-order valence-electron chi connectivity index (χ2n) is 6.74. The molecule has 2 N–H and O–H groups in total. The van der Waals surface area contributed by atoms with Crippen molar-refractivity contribution >= 4 is 12.0 Å². The van der Waals surface area contributed by atoms with Crippen LogP contribution >= 0.6 is 0 Å². The zero-order chi connectivity index (χ0) is 18.2. The van der Waals surface area contributed by atoms with E-state index in [2.05, 4.69) is 0 Å². The van der Waals surface area contributed by atoms with Crippen LogP contribution in [0, 0.1) is 17.5 Å². The summed E-state index contributed by atoms with van der Waals surface area (Å²) in [7, 11) is 0. The molecule has 1 fully saturated rings. The van der Waals surface area contributed by atoms with Crippen LogP contribution in [0.4, 0.5) is 18.0 Å². The van der Waals surface area contributed by atoms with Crippen molar-refractivity contribution in [2.75, 3.05) is 6.54 Å². The Balaban J connectivity index is 2.33. The molecule has 2 amide bonds. The molecule has 0 saturated carbocycles. The Morgan fingerprint density at radius 3 is 2.33 bits per heavy atom. The maximum atomic E-state index is 14.0. The van der Waals surface area contributed by atoms with Crippen molar-refractivity contribution in [3.05, 3.63) is 35.1 Å². The van der Waals surface area contributed by atoms with Gasteiger partial charge in [0.05, 0.1) is 0 Å². The molecule has 0 aliphatic carbocycles. The second-order valence-corrected chi connectivity index (χ2v) is 6.74. The molecule has 1 aliphatic rings. The molecule has 5 nitrogen and oxygen atoms in total. The third-order valence-corrected chi connectivity index (χ3v) is 3.75. The fraction of sp³-hybridized carbons (Fsp3) is 0.500. The van der Waals surface area contributed by atoms with Gasteiger partial charge in [0.1, 0.15) is 17.5 Å². The molecule has 24 heavy (non-hydrogen) atoms. The molecule has 8 heteroatoms. The highest BCUT2D eigenvalue weighted by Crippen LogP contribution is 2.36. The Morgan fingerprint density at radius 2 is 1.79 bits per heavy atom. The van der Waals surface area contributed by atoms with Gasteiger partial charge in [0.25, 0.3) is 0 Å². The Morgan fingerprint density at radius 1 is 1.21 bits per heavy atom. The Bertz CT molecular complexity index is 673. The first-order chi connectivity index (χ1) is 11.0. The van der Waals surface area contributed by atoms with Crippen LogP contribution in [0.2, 0.25) is 0 Å². The van der Waals surface area contributed by atoms with Crippen molar-refractivity contribution in [3.63, 3.8) is 0 Å². The minimum atomic E-state index is -1.32. The van der Waals surface area contributed by atoms with Gasteiger partial charge in [-0.2, -0.15) is 0 Å². The zero-order valence-corrected chi connectivity index (χ0v) is 13.6. The molecule has 0 aromatic heterocycles. The molecular weight excluding hydrogens is 325 g/mol. The Kier molecular flexibility index (Phi) is 4.77. The highest BCUT2D eigenvalue weighted by molar-refractivity contribution is 5.85. The van der Waals surface area contributed by atoms with E-state index in [1.165, 1.54) is 0 Å². The van der Waals surface area contributed by atoms with Crippen molar-refractivity contribution in [1.29, 1.82) is 0 Å². The van der Waals surface area contributed by atoms with Gasteiger partial charge < -0.3 is 10.5 Å². The number of primary amides is 1. The van der Waals surface area contributed by atoms with Crippen molar-refractivity contribution in [2.45, 2.75) is 44.8 Å². The van der Waals surface area contributed by atoms with Crippen LogP contribution < -0.4 is 5.73 Å². The summed E-state index contributed by atoms with van der Waals surface area (Å²) in [5, 5.41) is 0. The first kappa shape index (κ1) is 18.1. The summed E-state index contributed by atoms with van der Waals surface area (Å²) in [5.74, 6) is -5.17. The van der Waals surface area contributed by atoms with Crippen LogP contribution in [0.1, 0.15) is 38.7 Å². The first-order valence-electron chi connectivity index (χ1n) is 7.43. The Hall–Kier alpha value is -2.25. The zero-order valence-electron chi connectivity index (χ0n) is 13.6. The van der Waals surface area contributed by atoms with E-state index in [4.69, 9.17) is 10.5 Å². The van der Waals surface area contributed by atoms with E-state index >= 15 is 0 Å². The lowest BCUT2D eigenvalue weighted by molar-refractivity contribution is -0.122. The highest BCUT2D eigenvalue weighted by atomic mass is 19.2. The Labute approximate surface area is 137 Å². The standard InChI is InChI=1S/C16H19F3N2O3/c1-16(2,3)24-15(23)21-7-8(6-11(21)14(20)22)12-9(17)4-5-10(18)13(12)19/h4-5,8,11H,6-7H2,1-3H3,(H2,20,22)/t8-,11?/m0/s1. The molecule has 1 aromatic rings. The molecule has 132 valence electrons. The number of carbonyl (C=O) groups excluding carboxylic acids is 2. The number of nitrogens with two attached hydrogens (primary N) is 1. The SMILES string of the molecule is CC(C)(C)OC(=O)N1C[C@@H](c2c(F)ccc(F)c2F)CC1C(N)=O. The van der Waals surface area contributed by atoms with Gasteiger partial charge in [-0.1, -0.05) is 0 Å². The van der Waals surface area contributed by atoms with Crippen LogP contribution in [0.3, 0.4) is 0 Å². The number of nitrogens with zero attached hydrogens (tertiary/aromatic N) is 1. The molecule has 1 aromatic carbocycles. The molecule has 2 atom stereocenters. The van der Waals surface area contributed by atoms with Gasteiger partial charge in [-0.25, -0.2) is 18.0 Å². The topological polar surface area (TPSA) is 72.6 Å². The summed E-state index contributed by atoms with van der Waals surface area (Å²) < 4.78 is 46.5. The van der Waals surface area contributed by atoms with Crippen LogP contribution in [0.5, 0.6) is 0 Å². The van der Waals surface area contributed by atoms with Gasteiger partial charge in [-0.15, -0.1) is 0 Å². The van der Waals surface area contributed by atoms with Crippen LogP contribution in [0.25, 0.3) is 0 Å². The molecule has 0 bridgehead atoms. The van der Waals surface area contributed by atoms with Crippen LogP contribution in [0.15, 0.2) is 12.1 Å². The molecule has 1 unspecified atom stereocenters. The molecule has 1 heterocycles. The predicted octanol–water partition coefficient (Wildman–Crippen LogP) is 2.68. The summed E-state index contributed by atoms with van der Waals surface area (Å²) in [6, 6.07) is 0.413. The lowest BCUT2D eigenvalue weighted by atomic mass is 9.95. The number of hydrogen-bond acceptors (Lipinski definition) is 3. The normalized spacial score (nSPS) is 21.0. The number of carbonyl (C=O) groups is 2. The van der Waals surface area contributed by atoms with E-state index in [1.54, 1.807) is 20.8 Å². The van der Waals surface area contributed by atoms with Gasteiger partial charge in [-0.05, 0) is 39.3 Å². The summed E-state index contributed by atoms with van der Waals surface area (Å²) in [6.45, 7) is 4.73. The van der Waals surface area contributed by atoms with Crippen LogP contribution in [-0.2, 0) is 9.53 Å². The molecular formula is C16H19F3N2O3. The number of rotatable bonds is 2. The summed E-state index contributed by atoms with van der Waals surface area (Å²) >= 11 is 0. The summed E-state index contributed by atoms with van der Waals surface area (Å²) in [5.41, 5.74) is 3.98. The number of halogens is 3. The number of ether oxygens (including phenoxy) is 1. The molecule has 1 saturated heterocycles. The fourth-order valence-electron chi connectivity index (χ4n) is 2.75. The minimum Gasteiger partial charge on any atom is -0.444 e. The smallest absolute Gasteiger partial charge is 0.410 e. The van der Waals surface area contributed by atoms with Crippen molar-refractivity contribution in [1.82, 2.24) is 4.90 Å². The van der Waals surface area contributed by atoms with Crippen molar-refractivity contribution in [2.24, 2.45) is 5.73 Å². The molecule has 0 radical (unpaired) electrons. The monoisotopic (exact) mass is 344 g/mol. The lowest BCUT2D eigenvalue weighted by Gasteiger charge is -2.27. The van der Waals surface area contributed by atoms with Gasteiger partial charge >= 0.3 is 6.09 Å². The highest BCUT2D eigenvalue weighted by Gasteiger charge is 2.43. The maximum absolute atomic E-state index is 14.0. The fourth-order valence-corrected chi connectivity index (χ4v) is 2.75. The third kappa shape index (κ3) is 3.63. The van der Waals surface area contributed by atoms with E-state index in [1.807, 2.05) is 0 Å². The van der Waals surface area contributed by atoms with Gasteiger partial charge in [0.2, 0.25) is 5.91 Å².